The van der Waals surface area contributed by atoms with Crippen molar-refractivity contribution < 1.29 is 31.9 Å². The van der Waals surface area contributed by atoms with Gasteiger partial charge in [-0.15, -0.1) is 0 Å². The predicted molar refractivity (Wildman–Crippen MR) is 117 cm³/mol. The van der Waals surface area contributed by atoms with Crippen LogP contribution in [0.5, 0.6) is 11.5 Å². The Labute approximate surface area is 195 Å². The maximum atomic E-state index is 14.6. The Morgan fingerprint density at radius 1 is 1.21 bits per heavy atom. The standard InChI is InChI=1S/C22H22ClFN2O6S/c23-16-9-15(17(24)10-19(16)31-11-12-3-1-2-4-12)22(28)26-33(29,30)14-5-6-18-13(7-14)8-20(32-18)21(25)27/h5-7,9-10,12,20H,1-4,8,11H2,(H2,25,27)(H,26,28)/t20-/m0/s1. The normalized spacial score (nSPS) is 17.9. The molecule has 1 heterocycles. The van der Waals surface area contributed by atoms with Crippen molar-refractivity contribution in [2.45, 2.75) is 43.1 Å². The SMILES string of the molecule is NC(=O)[C@@H]1Cc2cc(S(=O)(=O)NC(=O)c3cc(Cl)c(OCC4CCCC4)cc3F)ccc2O1. The van der Waals surface area contributed by atoms with Gasteiger partial charge >= 0.3 is 0 Å². The van der Waals surface area contributed by atoms with Crippen LogP contribution in [0.3, 0.4) is 0 Å². The zero-order valence-corrected chi connectivity index (χ0v) is 19.0. The van der Waals surface area contributed by atoms with E-state index in [9.17, 15) is 22.4 Å². The smallest absolute Gasteiger partial charge is 0.268 e. The molecule has 176 valence electrons. The molecule has 0 spiro atoms. The molecule has 2 aliphatic rings. The van der Waals surface area contributed by atoms with Crippen LogP contribution < -0.4 is 19.9 Å². The third-order valence-corrected chi connectivity index (χ3v) is 7.40. The fourth-order valence-corrected chi connectivity index (χ4v) is 5.22. The van der Waals surface area contributed by atoms with Gasteiger partial charge in [0.2, 0.25) is 0 Å². The summed E-state index contributed by atoms with van der Waals surface area (Å²) >= 11 is 6.15. The Morgan fingerprint density at radius 2 is 1.94 bits per heavy atom. The largest absolute Gasteiger partial charge is 0.492 e. The summed E-state index contributed by atoms with van der Waals surface area (Å²) in [6.07, 6.45) is 3.55. The lowest BCUT2D eigenvalue weighted by atomic mass is 10.1. The van der Waals surface area contributed by atoms with Gasteiger partial charge in [0.15, 0.2) is 6.10 Å². The number of carbonyl (C=O) groups excluding carboxylic acids is 2. The molecular formula is C22H22ClFN2O6S. The van der Waals surface area contributed by atoms with Crippen molar-refractivity contribution in [1.82, 2.24) is 4.72 Å². The van der Waals surface area contributed by atoms with E-state index in [1.165, 1.54) is 18.2 Å². The molecule has 0 aromatic heterocycles. The van der Waals surface area contributed by atoms with Crippen LogP contribution >= 0.6 is 11.6 Å². The van der Waals surface area contributed by atoms with E-state index in [0.29, 0.717) is 23.8 Å². The number of fused-ring (bicyclic) bond motifs is 1. The van der Waals surface area contributed by atoms with Gasteiger partial charge in [0.25, 0.3) is 21.8 Å². The number of carbonyl (C=O) groups is 2. The second-order valence-electron chi connectivity index (χ2n) is 8.14. The molecule has 2 aromatic rings. The van der Waals surface area contributed by atoms with E-state index in [-0.39, 0.29) is 22.1 Å². The minimum Gasteiger partial charge on any atom is -0.492 e. The first-order valence-electron chi connectivity index (χ1n) is 10.4. The zero-order chi connectivity index (χ0) is 23.8. The molecule has 1 atom stereocenters. The lowest BCUT2D eigenvalue weighted by molar-refractivity contribution is -0.123. The molecule has 11 heteroatoms. The molecule has 0 saturated heterocycles. The second kappa shape index (κ2) is 9.18. The molecule has 4 rings (SSSR count). The number of hydrogen-bond acceptors (Lipinski definition) is 6. The number of halogens is 2. The van der Waals surface area contributed by atoms with Gasteiger partial charge in [0.05, 0.1) is 22.1 Å². The molecule has 2 aromatic carbocycles. The van der Waals surface area contributed by atoms with Crippen molar-refractivity contribution in [2.75, 3.05) is 6.61 Å². The van der Waals surface area contributed by atoms with Crippen molar-refractivity contribution in [3.63, 3.8) is 0 Å². The molecule has 0 unspecified atom stereocenters. The van der Waals surface area contributed by atoms with Crippen molar-refractivity contribution in [1.29, 1.82) is 0 Å². The number of rotatable bonds is 7. The van der Waals surface area contributed by atoms with Crippen LogP contribution in [0.1, 0.15) is 41.6 Å². The quantitative estimate of drug-likeness (QED) is 0.607. The summed E-state index contributed by atoms with van der Waals surface area (Å²) in [5.41, 5.74) is 5.14. The third-order valence-electron chi connectivity index (χ3n) is 5.78. The summed E-state index contributed by atoms with van der Waals surface area (Å²) in [7, 11) is -4.34. The third kappa shape index (κ3) is 5.06. The van der Waals surface area contributed by atoms with E-state index in [4.69, 9.17) is 26.8 Å². The summed E-state index contributed by atoms with van der Waals surface area (Å²) in [6, 6.07) is 5.87. The van der Waals surface area contributed by atoms with Gasteiger partial charge in [-0.3, -0.25) is 9.59 Å². The maximum absolute atomic E-state index is 14.6. The summed E-state index contributed by atoms with van der Waals surface area (Å²) in [4.78, 5) is 23.6. The van der Waals surface area contributed by atoms with Gasteiger partial charge in [-0.1, -0.05) is 24.4 Å². The Kier molecular flexibility index (Phi) is 6.49. The fourth-order valence-electron chi connectivity index (χ4n) is 3.98. The average Bonchev–Trinajstić information content (AvgIpc) is 3.42. The highest BCUT2D eigenvalue weighted by Gasteiger charge is 2.30. The molecular weight excluding hydrogens is 475 g/mol. The number of amides is 2. The van der Waals surface area contributed by atoms with Crippen LogP contribution in [0.15, 0.2) is 35.2 Å². The molecule has 0 radical (unpaired) electrons. The minimum absolute atomic E-state index is 0.00381. The number of nitrogens with two attached hydrogens (primary N) is 1. The highest BCUT2D eigenvalue weighted by atomic mass is 35.5. The maximum Gasteiger partial charge on any atom is 0.268 e. The number of ether oxygens (including phenoxy) is 2. The number of hydrogen-bond donors (Lipinski definition) is 2. The van der Waals surface area contributed by atoms with Gasteiger partial charge in [-0.05, 0) is 48.6 Å². The van der Waals surface area contributed by atoms with E-state index in [0.717, 1.165) is 37.8 Å². The van der Waals surface area contributed by atoms with E-state index < -0.39 is 39.3 Å². The predicted octanol–water partition coefficient (Wildman–Crippen LogP) is 2.96. The van der Waals surface area contributed by atoms with Crippen LogP contribution in [0.4, 0.5) is 4.39 Å². The molecule has 1 saturated carbocycles. The monoisotopic (exact) mass is 496 g/mol. The zero-order valence-electron chi connectivity index (χ0n) is 17.5. The summed E-state index contributed by atoms with van der Waals surface area (Å²) in [6.45, 7) is 0.401. The van der Waals surface area contributed by atoms with Crippen molar-refractivity contribution in [3.8, 4) is 11.5 Å². The number of primary amides is 1. The van der Waals surface area contributed by atoms with Crippen LogP contribution in [-0.4, -0.2) is 32.9 Å². The molecule has 2 amide bonds. The summed E-state index contributed by atoms with van der Waals surface area (Å²) in [5, 5.41) is 0.00381. The van der Waals surface area contributed by atoms with Crippen LogP contribution in [0, 0.1) is 11.7 Å². The Bertz CT molecular complexity index is 1210. The number of nitrogens with one attached hydrogen (secondary N) is 1. The summed E-state index contributed by atoms with van der Waals surface area (Å²) < 4.78 is 52.8. The molecule has 1 aliphatic carbocycles. The first-order valence-corrected chi connectivity index (χ1v) is 12.3. The molecule has 0 bridgehead atoms. The Hall–Kier alpha value is -2.85. The van der Waals surface area contributed by atoms with Crippen molar-refractivity contribution >= 4 is 33.4 Å². The minimum atomic E-state index is -4.34. The first-order chi connectivity index (χ1) is 15.6. The van der Waals surface area contributed by atoms with Gasteiger partial charge in [0.1, 0.15) is 17.3 Å². The summed E-state index contributed by atoms with van der Waals surface area (Å²) in [5.74, 6) is -2.00. The van der Waals surface area contributed by atoms with E-state index in [2.05, 4.69) is 0 Å². The van der Waals surface area contributed by atoms with Crippen LogP contribution in [-0.2, 0) is 21.2 Å². The lowest BCUT2D eigenvalue weighted by Crippen LogP contribution is -2.32. The van der Waals surface area contributed by atoms with Gasteiger partial charge in [0, 0.05) is 12.5 Å². The highest BCUT2D eigenvalue weighted by Crippen LogP contribution is 2.32. The van der Waals surface area contributed by atoms with Crippen LogP contribution in [0.25, 0.3) is 0 Å². The average molecular weight is 497 g/mol. The molecule has 33 heavy (non-hydrogen) atoms. The van der Waals surface area contributed by atoms with Crippen molar-refractivity contribution in [2.24, 2.45) is 11.7 Å². The molecule has 1 aliphatic heterocycles. The molecule has 8 nitrogen and oxygen atoms in total. The topological polar surface area (TPSA) is 125 Å². The van der Waals surface area contributed by atoms with E-state index in [1.807, 2.05) is 4.72 Å². The van der Waals surface area contributed by atoms with Gasteiger partial charge in [-0.2, -0.15) is 0 Å². The van der Waals surface area contributed by atoms with Crippen LogP contribution in [0.2, 0.25) is 5.02 Å². The van der Waals surface area contributed by atoms with Gasteiger partial charge in [-0.25, -0.2) is 17.5 Å². The molecule has 1 fully saturated rings. The fraction of sp³-hybridized carbons (Fsp3) is 0.364. The molecule has 3 N–H and O–H groups in total. The van der Waals surface area contributed by atoms with E-state index in [1.54, 1.807) is 0 Å². The van der Waals surface area contributed by atoms with Crippen molar-refractivity contribution in [3.05, 3.63) is 52.3 Å². The Balaban J connectivity index is 1.48. The lowest BCUT2D eigenvalue weighted by Gasteiger charge is -2.14. The number of benzene rings is 2. The second-order valence-corrected chi connectivity index (χ2v) is 10.2. The van der Waals surface area contributed by atoms with E-state index >= 15 is 0 Å². The number of sulfonamides is 1. The van der Waals surface area contributed by atoms with Gasteiger partial charge < -0.3 is 15.2 Å². The highest BCUT2D eigenvalue weighted by molar-refractivity contribution is 7.90. The first kappa shape index (κ1) is 23.3. The Morgan fingerprint density at radius 3 is 2.64 bits per heavy atom.